The smallest absolute Gasteiger partial charge is 0.321 e. The molecule has 21 heavy (non-hydrogen) atoms. The molecule has 0 spiro atoms. The predicted molar refractivity (Wildman–Crippen MR) is 63.4 cm³/mol. The summed E-state index contributed by atoms with van der Waals surface area (Å²) in [6.07, 6.45) is -11.9. The summed E-state index contributed by atoms with van der Waals surface area (Å²) in [5, 5.41) is 1.31. The summed E-state index contributed by atoms with van der Waals surface area (Å²) in [6, 6.07) is 0. The Kier molecular flexibility index (Phi) is 4.71. The van der Waals surface area contributed by atoms with Gasteiger partial charge in [0.1, 0.15) is 0 Å². The van der Waals surface area contributed by atoms with Crippen LogP contribution in [0.1, 0.15) is 13.3 Å². The minimum absolute atomic E-state index is 0.0606. The van der Waals surface area contributed by atoms with E-state index in [-0.39, 0.29) is 5.70 Å². The van der Waals surface area contributed by atoms with Gasteiger partial charge in [0.25, 0.3) is 5.24 Å². The van der Waals surface area contributed by atoms with Gasteiger partial charge in [0.2, 0.25) is 0 Å². The normalized spacial score (nSPS) is 20.7. The Bertz CT molecular complexity index is 478. The highest BCUT2D eigenvalue weighted by atomic mass is 32.1. The van der Waals surface area contributed by atoms with Crippen molar-refractivity contribution in [2.24, 2.45) is 5.92 Å². The van der Waals surface area contributed by atoms with Gasteiger partial charge in [0, 0.05) is 11.6 Å². The van der Waals surface area contributed by atoms with Crippen LogP contribution in [-0.4, -0.2) is 23.3 Å². The van der Waals surface area contributed by atoms with Gasteiger partial charge in [-0.1, -0.05) is 25.6 Å². The van der Waals surface area contributed by atoms with Crippen LogP contribution in [0.25, 0.3) is 0 Å². The zero-order valence-electron chi connectivity index (χ0n) is 10.4. The molecule has 0 saturated heterocycles. The molecule has 1 amide bonds. The third-order valence-corrected chi connectivity index (χ3v) is 3.11. The van der Waals surface area contributed by atoms with Crippen molar-refractivity contribution >= 4 is 17.9 Å². The molecule has 1 aliphatic rings. The standard InChI is InChI=1S/C11H10F7NOS/c1-5-4-6(2-3-7(5)19-8(20)21)9(12,10(13,14)15)11(16,17)18/h2-3,5H,4H2,1H3,(H2,19,20,21)/t5-/m1/s1. The molecule has 0 fully saturated rings. The van der Waals surface area contributed by atoms with Crippen molar-refractivity contribution in [2.75, 3.05) is 0 Å². The number of thiol groups is 1. The summed E-state index contributed by atoms with van der Waals surface area (Å²) in [4.78, 5) is 10.7. The van der Waals surface area contributed by atoms with Crippen LogP contribution in [0.3, 0.4) is 0 Å². The van der Waals surface area contributed by atoms with E-state index in [9.17, 15) is 35.5 Å². The van der Waals surface area contributed by atoms with E-state index >= 15 is 0 Å². The van der Waals surface area contributed by atoms with Gasteiger partial charge in [-0.05, 0) is 18.1 Å². The molecule has 2 nitrogen and oxygen atoms in total. The van der Waals surface area contributed by atoms with Crippen LogP contribution in [0.5, 0.6) is 0 Å². The molecule has 1 N–H and O–H groups in total. The molecule has 0 saturated carbocycles. The third-order valence-electron chi connectivity index (χ3n) is 3.00. The molecule has 10 heteroatoms. The van der Waals surface area contributed by atoms with Crippen molar-refractivity contribution in [3.8, 4) is 0 Å². The number of rotatable bonds is 2. The zero-order chi connectivity index (χ0) is 16.6. The highest BCUT2D eigenvalue weighted by molar-refractivity contribution is 7.96. The molecule has 120 valence electrons. The van der Waals surface area contributed by atoms with E-state index in [2.05, 4.69) is 17.9 Å². The fourth-order valence-electron chi connectivity index (χ4n) is 1.93. The van der Waals surface area contributed by atoms with Crippen molar-refractivity contribution in [1.82, 2.24) is 5.32 Å². The van der Waals surface area contributed by atoms with Gasteiger partial charge in [-0.25, -0.2) is 4.39 Å². The lowest BCUT2D eigenvalue weighted by molar-refractivity contribution is -0.327. The Morgan fingerprint density at radius 2 is 1.62 bits per heavy atom. The Balaban J connectivity index is 3.28. The van der Waals surface area contributed by atoms with Gasteiger partial charge in [-0.3, -0.25) is 4.79 Å². The number of allylic oxidation sites excluding steroid dienone is 4. The molecule has 0 aromatic rings. The van der Waals surface area contributed by atoms with E-state index in [1.54, 1.807) is 0 Å². The van der Waals surface area contributed by atoms with Crippen molar-refractivity contribution in [2.45, 2.75) is 31.4 Å². The number of carbonyl (C=O) groups is 1. The van der Waals surface area contributed by atoms with Crippen LogP contribution >= 0.6 is 12.6 Å². The number of hydrogen-bond donors (Lipinski definition) is 2. The second-order valence-corrected chi connectivity index (χ2v) is 4.91. The fraction of sp³-hybridized carbons (Fsp3) is 0.545. The first-order valence-corrected chi connectivity index (χ1v) is 5.99. The van der Waals surface area contributed by atoms with Crippen molar-refractivity contribution in [3.63, 3.8) is 0 Å². The molecule has 1 aliphatic carbocycles. The second-order valence-electron chi connectivity index (χ2n) is 4.50. The van der Waals surface area contributed by atoms with Crippen molar-refractivity contribution in [3.05, 3.63) is 23.4 Å². The summed E-state index contributed by atoms with van der Waals surface area (Å²) < 4.78 is 89.3. The Morgan fingerprint density at radius 3 is 1.95 bits per heavy atom. The molecule has 1 rings (SSSR count). The monoisotopic (exact) mass is 337 g/mol. The number of alkyl halides is 7. The number of hydrogen-bond acceptors (Lipinski definition) is 1. The maximum absolute atomic E-state index is 13.8. The molecule has 1 atom stereocenters. The molecule has 0 aromatic heterocycles. The number of carbonyl (C=O) groups excluding carboxylic acids is 1. The lowest BCUT2D eigenvalue weighted by atomic mass is 9.82. The third kappa shape index (κ3) is 3.35. The molecule has 0 heterocycles. The second kappa shape index (κ2) is 5.54. The van der Waals surface area contributed by atoms with Crippen LogP contribution in [-0.2, 0) is 0 Å². The topological polar surface area (TPSA) is 29.1 Å². The number of nitrogens with one attached hydrogen (secondary N) is 1. The lowest BCUT2D eigenvalue weighted by Crippen LogP contribution is -2.55. The van der Waals surface area contributed by atoms with E-state index < -0.39 is 41.2 Å². The minimum Gasteiger partial charge on any atom is -0.321 e. The van der Waals surface area contributed by atoms with Gasteiger partial charge in [0.15, 0.2) is 0 Å². The maximum atomic E-state index is 13.8. The molecule has 0 aromatic carbocycles. The largest absolute Gasteiger partial charge is 0.435 e. The first-order chi connectivity index (χ1) is 9.30. The molecule has 0 aliphatic heterocycles. The number of halogens is 7. The molecular formula is C11H10F7NOS. The Hall–Kier alpha value is -1.19. The van der Waals surface area contributed by atoms with Crippen LogP contribution < -0.4 is 5.32 Å². The zero-order valence-corrected chi connectivity index (χ0v) is 11.3. The summed E-state index contributed by atoms with van der Waals surface area (Å²) >= 11 is 3.37. The summed E-state index contributed by atoms with van der Waals surface area (Å²) in [5.74, 6) is -0.930. The van der Waals surface area contributed by atoms with Crippen molar-refractivity contribution < 1.29 is 35.5 Å². The molecule has 0 unspecified atom stereocenters. The quantitative estimate of drug-likeness (QED) is 0.571. The Morgan fingerprint density at radius 1 is 1.14 bits per heavy atom. The van der Waals surface area contributed by atoms with Gasteiger partial charge in [-0.15, -0.1) is 0 Å². The van der Waals surface area contributed by atoms with E-state index in [1.807, 2.05) is 0 Å². The van der Waals surface area contributed by atoms with Crippen LogP contribution in [0.4, 0.5) is 35.5 Å². The van der Waals surface area contributed by atoms with E-state index in [0.717, 1.165) is 6.08 Å². The highest BCUT2D eigenvalue weighted by Gasteiger charge is 2.74. The average Bonchev–Trinajstić information content (AvgIpc) is 2.27. The minimum atomic E-state index is -6.13. The van der Waals surface area contributed by atoms with Crippen LogP contribution in [0.2, 0.25) is 0 Å². The van der Waals surface area contributed by atoms with E-state index in [4.69, 9.17) is 0 Å². The Labute approximate surface area is 120 Å². The van der Waals surface area contributed by atoms with Gasteiger partial charge in [0.05, 0.1) is 0 Å². The summed E-state index contributed by atoms with van der Waals surface area (Å²) in [7, 11) is 0. The first kappa shape index (κ1) is 17.9. The van der Waals surface area contributed by atoms with Crippen LogP contribution in [0.15, 0.2) is 23.4 Å². The first-order valence-electron chi connectivity index (χ1n) is 5.54. The van der Waals surface area contributed by atoms with Crippen LogP contribution in [0, 0.1) is 5.92 Å². The van der Waals surface area contributed by atoms with Gasteiger partial charge < -0.3 is 5.32 Å². The molecular weight excluding hydrogens is 327 g/mol. The predicted octanol–water partition coefficient (Wildman–Crippen LogP) is 4.31. The fourth-order valence-corrected chi connectivity index (χ4v) is 2.06. The average molecular weight is 337 g/mol. The number of amides is 1. The SMILES string of the molecule is C[C@@H]1CC(C(F)(C(F)(F)F)C(F)(F)F)=CC=C1NC(=O)S. The summed E-state index contributed by atoms with van der Waals surface area (Å²) in [5.41, 5.74) is -6.81. The summed E-state index contributed by atoms with van der Waals surface area (Å²) in [6.45, 7) is 1.26. The van der Waals surface area contributed by atoms with Gasteiger partial charge >= 0.3 is 18.0 Å². The van der Waals surface area contributed by atoms with Gasteiger partial charge in [-0.2, -0.15) is 26.3 Å². The molecule has 0 radical (unpaired) electrons. The van der Waals surface area contributed by atoms with E-state index in [1.165, 1.54) is 6.92 Å². The maximum Gasteiger partial charge on any atom is 0.435 e. The van der Waals surface area contributed by atoms with Crippen molar-refractivity contribution in [1.29, 1.82) is 0 Å². The molecule has 0 bridgehead atoms. The lowest BCUT2D eigenvalue weighted by Gasteiger charge is -2.35. The highest BCUT2D eigenvalue weighted by Crippen LogP contribution is 2.52. The van der Waals surface area contributed by atoms with E-state index in [0.29, 0.717) is 6.08 Å².